The molecular formula is C32H54O4. The lowest BCUT2D eigenvalue weighted by Crippen LogP contribution is -2.18. The van der Waals surface area contributed by atoms with Gasteiger partial charge in [0.1, 0.15) is 6.10 Å². The van der Waals surface area contributed by atoms with Crippen molar-refractivity contribution >= 4 is 11.9 Å². The van der Waals surface area contributed by atoms with Crippen LogP contribution in [0.25, 0.3) is 0 Å². The fourth-order valence-corrected chi connectivity index (χ4v) is 3.99. The number of ether oxygens (including phenoxy) is 1. The standard InChI is InChI=1S/C32H54O4/c1-3-5-6-7-8-9-10-11-12-13-14-15-19-22-25-29-32(35)36-30(26-4-2)27-23-20-17-16-18-21-24-28-31(33)34/h5-6,8-9,11-12,14-15,30H,3-4,7,10,13,16-29H2,1-2H3,(H,33,34)/b6-5-,9-8-,12-11-,15-14-. The van der Waals surface area contributed by atoms with E-state index in [-0.39, 0.29) is 18.5 Å². The van der Waals surface area contributed by atoms with Crippen molar-refractivity contribution in [2.45, 2.75) is 142 Å². The van der Waals surface area contributed by atoms with Gasteiger partial charge < -0.3 is 9.84 Å². The molecule has 1 N–H and O–H groups in total. The van der Waals surface area contributed by atoms with Gasteiger partial charge in [0.25, 0.3) is 0 Å². The Morgan fingerprint density at radius 2 is 1.17 bits per heavy atom. The van der Waals surface area contributed by atoms with Crippen molar-refractivity contribution in [2.75, 3.05) is 0 Å². The van der Waals surface area contributed by atoms with Crippen LogP contribution in [-0.2, 0) is 14.3 Å². The van der Waals surface area contributed by atoms with Gasteiger partial charge in [0.2, 0.25) is 0 Å². The van der Waals surface area contributed by atoms with E-state index in [1.807, 2.05) is 0 Å². The summed E-state index contributed by atoms with van der Waals surface area (Å²) >= 11 is 0. The lowest BCUT2D eigenvalue weighted by molar-refractivity contribution is -0.150. The predicted molar refractivity (Wildman–Crippen MR) is 153 cm³/mol. The van der Waals surface area contributed by atoms with Crippen molar-refractivity contribution in [3.8, 4) is 0 Å². The van der Waals surface area contributed by atoms with Gasteiger partial charge in [0.15, 0.2) is 0 Å². The molecule has 0 saturated carbocycles. The summed E-state index contributed by atoms with van der Waals surface area (Å²) < 4.78 is 5.76. The Morgan fingerprint density at radius 3 is 1.75 bits per heavy atom. The van der Waals surface area contributed by atoms with E-state index in [1.165, 1.54) is 6.42 Å². The van der Waals surface area contributed by atoms with Crippen molar-refractivity contribution in [3.05, 3.63) is 48.6 Å². The van der Waals surface area contributed by atoms with Crippen LogP contribution in [0.5, 0.6) is 0 Å². The number of hydrogen-bond acceptors (Lipinski definition) is 3. The number of carboxylic acids is 1. The number of hydrogen-bond donors (Lipinski definition) is 1. The first-order chi connectivity index (χ1) is 17.6. The summed E-state index contributed by atoms with van der Waals surface area (Å²) in [4.78, 5) is 22.8. The molecule has 0 aromatic rings. The molecule has 0 spiro atoms. The molecule has 0 aromatic carbocycles. The largest absolute Gasteiger partial charge is 0.481 e. The minimum Gasteiger partial charge on any atom is -0.481 e. The van der Waals surface area contributed by atoms with Crippen LogP contribution in [0.4, 0.5) is 0 Å². The molecule has 1 atom stereocenters. The van der Waals surface area contributed by atoms with Gasteiger partial charge in [0.05, 0.1) is 0 Å². The molecule has 0 aromatic heterocycles. The Labute approximate surface area is 222 Å². The highest BCUT2D eigenvalue weighted by Gasteiger charge is 2.13. The van der Waals surface area contributed by atoms with Gasteiger partial charge in [-0.1, -0.05) is 101 Å². The SMILES string of the molecule is CC/C=C\C/C=C\C/C=C\C/C=C\CCCCC(=O)OC(CCC)CCCCCCCCCC(=O)O. The van der Waals surface area contributed by atoms with Crippen molar-refractivity contribution in [1.82, 2.24) is 0 Å². The second-order valence-electron chi connectivity index (χ2n) is 9.55. The topological polar surface area (TPSA) is 63.6 Å². The van der Waals surface area contributed by atoms with E-state index in [2.05, 4.69) is 62.5 Å². The van der Waals surface area contributed by atoms with Crippen LogP contribution in [0.3, 0.4) is 0 Å². The highest BCUT2D eigenvalue weighted by atomic mass is 16.5. The molecule has 0 saturated heterocycles. The summed E-state index contributed by atoms with van der Waals surface area (Å²) in [5.74, 6) is -0.741. The van der Waals surface area contributed by atoms with Gasteiger partial charge >= 0.3 is 11.9 Å². The van der Waals surface area contributed by atoms with Gasteiger partial charge in [-0.05, 0) is 70.6 Å². The number of rotatable bonds is 25. The van der Waals surface area contributed by atoms with E-state index < -0.39 is 5.97 Å². The lowest BCUT2D eigenvalue weighted by Gasteiger charge is -2.17. The van der Waals surface area contributed by atoms with E-state index in [0.29, 0.717) is 6.42 Å². The van der Waals surface area contributed by atoms with Crippen molar-refractivity contribution in [2.24, 2.45) is 0 Å². The highest BCUT2D eigenvalue weighted by Crippen LogP contribution is 2.16. The molecule has 0 aliphatic heterocycles. The Kier molecular flexibility index (Phi) is 25.9. The van der Waals surface area contributed by atoms with Crippen LogP contribution in [-0.4, -0.2) is 23.1 Å². The Bertz CT molecular complexity index is 630. The normalized spacial score (nSPS) is 12.9. The van der Waals surface area contributed by atoms with Crippen LogP contribution in [0.2, 0.25) is 0 Å². The zero-order chi connectivity index (χ0) is 26.5. The maximum atomic E-state index is 12.2. The third kappa shape index (κ3) is 26.5. The molecular weight excluding hydrogens is 448 g/mol. The Balaban J connectivity index is 3.74. The number of allylic oxidation sites excluding steroid dienone is 8. The summed E-state index contributed by atoms with van der Waals surface area (Å²) in [7, 11) is 0. The summed E-state index contributed by atoms with van der Waals surface area (Å²) in [6.45, 7) is 4.29. The lowest BCUT2D eigenvalue weighted by atomic mass is 10.0. The third-order valence-corrected chi connectivity index (χ3v) is 6.05. The molecule has 4 heteroatoms. The summed E-state index contributed by atoms with van der Waals surface area (Å²) in [6, 6.07) is 0. The van der Waals surface area contributed by atoms with E-state index in [9.17, 15) is 9.59 Å². The smallest absolute Gasteiger partial charge is 0.306 e. The Hall–Kier alpha value is -2.10. The average molecular weight is 503 g/mol. The first kappa shape index (κ1) is 33.9. The van der Waals surface area contributed by atoms with Crippen LogP contribution in [0, 0.1) is 0 Å². The van der Waals surface area contributed by atoms with Gasteiger partial charge in [-0.3, -0.25) is 9.59 Å². The molecule has 0 fully saturated rings. The zero-order valence-electron chi connectivity index (χ0n) is 23.3. The molecule has 0 rings (SSSR count). The summed E-state index contributed by atoms with van der Waals surface area (Å²) in [5.41, 5.74) is 0. The summed E-state index contributed by atoms with van der Waals surface area (Å²) in [6.07, 6.45) is 36.0. The average Bonchev–Trinajstić information content (AvgIpc) is 2.85. The van der Waals surface area contributed by atoms with Crippen LogP contribution in [0.1, 0.15) is 136 Å². The molecule has 0 aliphatic carbocycles. The number of esters is 1. The molecule has 1 unspecified atom stereocenters. The van der Waals surface area contributed by atoms with Gasteiger partial charge in [-0.15, -0.1) is 0 Å². The fourth-order valence-electron chi connectivity index (χ4n) is 3.99. The molecule has 4 nitrogen and oxygen atoms in total. The molecule has 0 radical (unpaired) electrons. The van der Waals surface area contributed by atoms with Crippen molar-refractivity contribution < 1.29 is 19.4 Å². The van der Waals surface area contributed by atoms with Crippen molar-refractivity contribution in [1.29, 1.82) is 0 Å². The van der Waals surface area contributed by atoms with E-state index in [4.69, 9.17) is 9.84 Å². The number of carbonyl (C=O) groups is 2. The number of carboxylic acid groups (broad SMARTS) is 1. The monoisotopic (exact) mass is 502 g/mol. The predicted octanol–water partition coefficient (Wildman–Crippen LogP) is 9.66. The molecule has 0 amide bonds. The first-order valence-electron chi connectivity index (χ1n) is 14.6. The minimum atomic E-state index is -0.697. The van der Waals surface area contributed by atoms with E-state index in [0.717, 1.165) is 103 Å². The van der Waals surface area contributed by atoms with Crippen LogP contribution in [0.15, 0.2) is 48.6 Å². The molecule has 0 aliphatic rings. The number of unbranched alkanes of at least 4 members (excludes halogenated alkanes) is 8. The second-order valence-corrected chi connectivity index (χ2v) is 9.55. The number of aliphatic carboxylic acids is 1. The molecule has 206 valence electrons. The fraction of sp³-hybridized carbons (Fsp3) is 0.688. The second kappa shape index (κ2) is 27.5. The van der Waals surface area contributed by atoms with Gasteiger partial charge in [0, 0.05) is 12.8 Å². The van der Waals surface area contributed by atoms with E-state index >= 15 is 0 Å². The molecule has 36 heavy (non-hydrogen) atoms. The van der Waals surface area contributed by atoms with E-state index in [1.54, 1.807) is 0 Å². The number of carbonyl (C=O) groups excluding carboxylic acids is 1. The Morgan fingerprint density at radius 1 is 0.639 bits per heavy atom. The van der Waals surface area contributed by atoms with Gasteiger partial charge in [-0.25, -0.2) is 0 Å². The van der Waals surface area contributed by atoms with Crippen LogP contribution < -0.4 is 0 Å². The van der Waals surface area contributed by atoms with Gasteiger partial charge in [-0.2, -0.15) is 0 Å². The van der Waals surface area contributed by atoms with Crippen LogP contribution >= 0.6 is 0 Å². The highest BCUT2D eigenvalue weighted by molar-refractivity contribution is 5.69. The first-order valence-corrected chi connectivity index (χ1v) is 14.6. The van der Waals surface area contributed by atoms with Crippen molar-refractivity contribution in [3.63, 3.8) is 0 Å². The summed E-state index contributed by atoms with van der Waals surface area (Å²) in [5, 5.41) is 8.65. The minimum absolute atomic E-state index is 0.0444. The molecule has 0 heterocycles. The maximum Gasteiger partial charge on any atom is 0.306 e. The third-order valence-electron chi connectivity index (χ3n) is 6.05. The maximum absolute atomic E-state index is 12.2. The zero-order valence-corrected chi connectivity index (χ0v) is 23.3. The molecule has 0 bridgehead atoms. The quantitative estimate of drug-likeness (QED) is 0.0766.